The van der Waals surface area contributed by atoms with Crippen molar-refractivity contribution in [3.63, 3.8) is 0 Å². The summed E-state index contributed by atoms with van der Waals surface area (Å²) in [6.45, 7) is 2.08. The molecule has 2 aromatic carbocycles. The normalized spacial score (nSPS) is 11.7. The highest BCUT2D eigenvalue weighted by atomic mass is 35.5. The number of fused-ring (bicyclic) bond motifs is 1. The highest BCUT2D eigenvalue weighted by Crippen LogP contribution is 2.27. The van der Waals surface area contributed by atoms with Crippen molar-refractivity contribution in [1.29, 1.82) is 0 Å². The van der Waals surface area contributed by atoms with Crippen LogP contribution in [0.2, 0.25) is 5.02 Å². The van der Waals surface area contributed by atoms with Crippen molar-refractivity contribution in [2.45, 2.75) is 18.4 Å². The van der Waals surface area contributed by atoms with Gasteiger partial charge in [0.05, 0.1) is 21.1 Å². The van der Waals surface area contributed by atoms with E-state index in [0.29, 0.717) is 27.3 Å². The maximum absolute atomic E-state index is 12.8. The number of rotatable bonds is 5. The maximum Gasteiger partial charge on any atom is 0.240 e. The summed E-state index contributed by atoms with van der Waals surface area (Å²) in [5.74, 6) is 0. The van der Waals surface area contributed by atoms with Gasteiger partial charge in [-0.1, -0.05) is 41.9 Å². The molecular formula is C22H18ClN3O2S. The first-order chi connectivity index (χ1) is 13.9. The Kier molecular flexibility index (Phi) is 5.32. The number of pyridine rings is 2. The van der Waals surface area contributed by atoms with Crippen LogP contribution in [0.1, 0.15) is 11.1 Å². The molecule has 0 radical (unpaired) electrons. The summed E-state index contributed by atoms with van der Waals surface area (Å²) in [4.78, 5) is 9.04. The van der Waals surface area contributed by atoms with E-state index < -0.39 is 10.0 Å². The standard InChI is InChI=1S/C22H18ClN3O2S/c1-15-11-17(20-7-8-21-22(26-20)19(23)9-10-24-21)13-18(12-15)29(27,28)25-14-16-5-3-2-4-6-16/h2-13,25H,14H2,1H3. The third-order valence-corrected chi connectivity index (χ3v) is 6.19. The molecule has 0 unspecified atom stereocenters. The van der Waals surface area contributed by atoms with E-state index in [4.69, 9.17) is 11.6 Å². The largest absolute Gasteiger partial charge is 0.255 e. The first-order valence-corrected chi connectivity index (χ1v) is 10.9. The SMILES string of the molecule is Cc1cc(-c2ccc3nccc(Cl)c3n2)cc(S(=O)(=O)NCc2ccccc2)c1. The number of halogens is 1. The molecule has 29 heavy (non-hydrogen) atoms. The van der Waals surface area contributed by atoms with Crippen LogP contribution in [-0.2, 0) is 16.6 Å². The number of hydrogen-bond donors (Lipinski definition) is 1. The number of aryl methyl sites for hydroxylation is 1. The van der Waals surface area contributed by atoms with Gasteiger partial charge in [0.25, 0.3) is 0 Å². The highest BCUT2D eigenvalue weighted by molar-refractivity contribution is 7.89. The second kappa shape index (κ2) is 7.91. The van der Waals surface area contributed by atoms with Gasteiger partial charge in [0, 0.05) is 18.3 Å². The predicted octanol–water partition coefficient (Wildman–Crippen LogP) is 4.74. The summed E-state index contributed by atoms with van der Waals surface area (Å²) in [6, 6.07) is 19.9. The molecule has 146 valence electrons. The van der Waals surface area contributed by atoms with Crippen LogP contribution in [0, 0.1) is 6.92 Å². The van der Waals surface area contributed by atoms with Crippen molar-refractivity contribution in [3.05, 3.63) is 89.1 Å². The Bertz CT molecular complexity index is 1290. The van der Waals surface area contributed by atoms with Gasteiger partial charge in [0.2, 0.25) is 10.0 Å². The molecule has 2 heterocycles. The van der Waals surface area contributed by atoms with Gasteiger partial charge in [-0.05, 0) is 54.4 Å². The van der Waals surface area contributed by atoms with Crippen LogP contribution < -0.4 is 4.72 Å². The molecule has 0 fully saturated rings. The molecule has 0 aliphatic rings. The van der Waals surface area contributed by atoms with Crippen molar-refractivity contribution in [3.8, 4) is 11.3 Å². The van der Waals surface area contributed by atoms with E-state index in [0.717, 1.165) is 11.1 Å². The van der Waals surface area contributed by atoms with E-state index in [9.17, 15) is 8.42 Å². The van der Waals surface area contributed by atoms with Gasteiger partial charge in [-0.3, -0.25) is 4.98 Å². The van der Waals surface area contributed by atoms with E-state index in [1.54, 1.807) is 24.4 Å². The summed E-state index contributed by atoms with van der Waals surface area (Å²) in [6.07, 6.45) is 1.63. The van der Waals surface area contributed by atoms with Crippen LogP contribution in [0.4, 0.5) is 0 Å². The molecule has 1 N–H and O–H groups in total. The second-order valence-corrected chi connectivity index (χ2v) is 8.88. The quantitative estimate of drug-likeness (QED) is 0.503. The Morgan fingerprint density at radius 1 is 1.00 bits per heavy atom. The van der Waals surface area contributed by atoms with Crippen molar-refractivity contribution in [2.75, 3.05) is 0 Å². The fourth-order valence-electron chi connectivity index (χ4n) is 3.06. The maximum atomic E-state index is 12.8. The smallest absolute Gasteiger partial charge is 0.240 e. The van der Waals surface area contributed by atoms with Crippen LogP contribution in [-0.4, -0.2) is 18.4 Å². The van der Waals surface area contributed by atoms with Gasteiger partial charge >= 0.3 is 0 Å². The van der Waals surface area contributed by atoms with E-state index >= 15 is 0 Å². The molecule has 0 saturated heterocycles. The Labute approximate surface area is 174 Å². The van der Waals surface area contributed by atoms with Crippen molar-refractivity contribution in [1.82, 2.24) is 14.7 Å². The molecule has 0 aliphatic carbocycles. The first kappa shape index (κ1) is 19.5. The first-order valence-electron chi connectivity index (χ1n) is 8.99. The highest BCUT2D eigenvalue weighted by Gasteiger charge is 2.16. The summed E-state index contributed by atoms with van der Waals surface area (Å²) >= 11 is 6.24. The predicted molar refractivity (Wildman–Crippen MR) is 115 cm³/mol. The Balaban J connectivity index is 1.70. The van der Waals surface area contributed by atoms with E-state index in [1.165, 1.54) is 0 Å². The lowest BCUT2D eigenvalue weighted by molar-refractivity contribution is 0.581. The number of sulfonamides is 1. The lowest BCUT2D eigenvalue weighted by Crippen LogP contribution is -2.23. The van der Waals surface area contributed by atoms with Gasteiger partial charge in [0.1, 0.15) is 5.52 Å². The molecule has 4 rings (SSSR count). The van der Waals surface area contributed by atoms with Gasteiger partial charge in [-0.15, -0.1) is 0 Å². The van der Waals surface area contributed by atoms with E-state index in [2.05, 4.69) is 14.7 Å². The lowest BCUT2D eigenvalue weighted by atomic mass is 10.1. The average Bonchev–Trinajstić information content (AvgIpc) is 2.73. The fraction of sp³-hybridized carbons (Fsp3) is 0.0909. The minimum Gasteiger partial charge on any atom is -0.255 e. The summed E-state index contributed by atoms with van der Waals surface area (Å²) in [5.41, 5.74) is 4.32. The number of hydrogen-bond acceptors (Lipinski definition) is 4. The van der Waals surface area contributed by atoms with E-state index in [-0.39, 0.29) is 11.4 Å². The Morgan fingerprint density at radius 2 is 1.79 bits per heavy atom. The molecule has 7 heteroatoms. The fourth-order valence-corrected chi connectivity index (χ4v) is 4.40. The molecule has 0 saturated carbocycles. The minimum absolute atomic E-state index is 0.197. The van der Waals surface area contributed by atoms with Gasteiger partial charge in [-0.2, -0.15) is 0 Å². The van der Waals surface area contributed by atoms with Gasteiger partial charge in [0.15, 0.2) is 0 Å². The van der Waals surface area contributed by atoms with Crippen LogP contribution in [0.25, 0.3) is 22.3 Å². The molecule has 0 atom stereocenters. The lowest BCUT2D eigenvalue weighted by Gasteiger charge is -2.11. The zero-order valence-electron chi connectivity index (χ0n) is 15.6. The van der Waals surface area contributed by atoms with Crippen molar-refractivity contribution in [2.24, 2.45) is 0 Å². The topological polar surface area (TPSA) is 72.0 Å². The van der Waals surface area contributed by atoms with Gasteiger partial charge in [-0.25, -0.2) is 18.1 Å². The Morgan fingerprint density at radius 3 is 2.59 bits per heavy atom. The minimum atomic E-state index is -3.68. The second-order valence-electron chi connectivity index (χ2n) is 6.70. The number of aromatic nitrogens is 2. The van der Waals surface area contributed by atoms with Crippen LogP contribution in [0.3, 0.4) is 0 Å². The molecule has 0 bridgehead atoms. The van der Waals surface area contributed by atoms with Crippen LogP contribution >= 0.6 is 11.6 Å². The zero-order chi connectivity index (χ0) is 20.4. The third-order valence-electron chi connectivity index (χ3n) is 4.50. The average molecular weight is 424 g/mol. The molecule has 0 aliphatic heterocycles. The van der Waals surface area contributed by atoms with Gasteiger partial charge < -0.3 is 0 Å². The number of nitrogens with one attached hydrogen (secondary N) is 1. The summed E-state index contributed by atoms with van der Waals surface area (Å²) in [7, 11) is -3.68. The zero-order valence-corrected chi connectivity index (χ0v) is 17.2. The third kappa shape index (κ3) is 4.29. The number of benzene rings is 2. The van der Waals surface area contributed by atoms with E-state index in [1.807, 2.05) is 55.5 Å². The molecule has 0 spiro atoms. The van der Waals surface area contributed by atoms with Crippen molar-refractivity contribution >= 4 is 32.7 Å². The molecular weight excluding hydrogens is 406 g/mol. The van der Waals surface area contributed by atoms with Crippen LogP contribution in [0.15, 0.2) is 77.8 Å². The Hall–Kier alpha value is -2.80. The van der Waals surface area contributed by atoms with Crippen LogP contribution in [0.5, 0.6) is 0 Å². The van der Waals surface area contributed by atoms with Crippen molar-refractivity contribution < 1.29 is 8.42 Å². The molecule has 0 amide bonds. The summed E-state index contributed by atoms with van der Waals surface area (Å²) in [5, 5.41) is 0.502. The monoisotopic (exact) mass is 423 g/mol. The molecule has 4 aromatic rings. The molecule has 5 nitrogen and oxygen atoms in total. The summed E-state index contributed by atoms with van der Waals surface area (Å²) < 4.78 is 28.3. The molecule has 2 aromatic heterocycles. The number of nitrogens with zero attached hydrogens (tertiary/aromatic N) is 2.